The van der Waals surface area contributed by atoms with Crippen molar-refractivity contribution in [3.8, 4) is 0 Å². The van der Waals surface area contributed by atoms with E-state index in [4.69, 9.17) is 12.3 Å². The molecule has 0 saturated carbocycles. The molecule has 0 saturated heterocycles. The van der Waals surface area contributed by atoms with Crippen molar-refractivity contribution in [2.24, 2.45) is 0 Å². The average molecular weight is 157 g/mol. The van der Waals surface area contributed by atoms with E-state index in [0.29, 0.717) is 6.61 Å². The molecule has 1 radical (unpaired) electrons. The van der Waals surface area contributed by atoms with Crippen LogP contribution in [0.15, 0.2) is 11.8 Å². The Morgan fingerprint density at radius 2 is 2.60 bits per heavy atom. The molecule has 0 aromatic carbocycles. The minimum absolute atomic E-state index is 0.172. The Balaban J connectivity index is 2.38. The maximum Gasteiger partial charge on any atom is 0.776 e. The summed E-state index contributed by atoms with van der Waals surface area (Å²) in [5.74, 6) is 0.903. The van der Waals surface area contributed by atoms with E-state index in [1.54, 1.807) is 0 Å². The highest BCUT2D eigenvalue weighted by Gasteiger charge is 2.15. The smallest absolute Gasteiger partial charge is 0.629 e. The van der Waals surface area contributed by atoms with E-state index < -0.39 is 0 Å². The molecule has 0 aliphatic carbocycles. The van der Waals surface area contributed by atoms with Crippen LogP contribution >= 0.6 is 0 Å². The molecule has 0 N–H and O–H groups in total. The highest BCUT2D eigenvalue weighted by molar-refractivity contribution is 6.18. The highest BCUT2D eigenvalue weighted by Crippen LogP contribution is 2.08. The van der Waals surface area contributed by atoms with E-state index in [9.17, 15) is 0 Å². The van der Waals surface area contributed by atoms with Gasteiger partial charge in [0.2, 0.25) is 0 Å². The molecule has 1 aliphatic heterocycles. The second-order valence-electron chi connectivity index (χ2n) is 1.95. The molecule has 3 nitrogen and oxygen atoms in total. The quantitative estimate of drug-likeness (QED) is 0.556. The van der Waals surface area contributed by atoms with Crippen LogP contribution in [-0.2, 0) is 12.3 Å². The first kappa shape index (κ1) is 8.09. The van der Waals surface area contributed by atoms with Crippen molar-refractivity contribution >= 4 is 15.9 Å². The van der Waals surface area contributed by atoms with E-state index in [1.807, 2.05) is 19.9 Å². The summed E-state index contributed by atoms with van der Waals surface area (Å²) < 4.78 is 15.4. The normalized spacial score (nSPS) is 24.6. The summed E-state index contributed by atoms with van der Waals surface area (Å²) in [5, 5.41) is 0. The Labute approximate surface area is 67.3 Å². The lowest BCUT2D eigenvalue weighted by Crippen LogP contribution is -2.23. The first-order chi connectivity index (χ1) is 4.83. The van der Waals surface area contributed by atoms with Gasteiger partial charge in [0.25, 0.3) is 0 Å². The third-order valence-electron chi connectivity index (χ3n) is 1.13. The topological polar surface area (TPSA) is 27.7 Å². The summed E-state index contributed by atoms with van der Waals surface area (Å²) in [6.45, 7) is 4.52. The Kier molecular flexibility index (Phi) is 3.23. The summed E-state index contributed by atoms with van der Waals surface area (Å²) in [4.78, 5) is 0. The predicted molar refractivity (Wildman–Crippen MR) is 37.1 cm³/mol. The van der Waals surface area contributed by atoms with Crippen molar-refractivity contribution in [3.05, 3.63) is 11.8 Å². The highest BCUT2D eigenvalue weighted by atomic mass is 27.2. The van der Waals surface area contributed by atoms with Crippen LogP contribution in [0, 0.1) is 0 Å². The molecule has 1 unspecified atom stereocenters. The lowest BCUT2D eigenvalue weighted by atomic mass is 10.5. The van der Waals surface area contributed by atoms with E-state index >= 15 is 0 Å². The monoisotopic (exact) mass is 157 g/mol. The number of rotatable bonds is 2. The van der Waals surface area contributed by atoms with Crippen molar-refractivity contribution in [1.29, 1.82) is 0 Å². The van der Waals surface area contributed by atoms with Crippen LogP contribution in [0.1, 0.15) is 13.8 Å². The molecule has 0 aromatic rings. The molecule has 10 heavy (non-hydrogen) atoms. The molecule has 0 amide bonds. The molecule has 1 rings (SSSR count). The van der Waals surface area contributed by atoms with Gasteiger partial charge in [-0.1, -0.05) is 0 Å². The van der Waals surface area contributed by atoms with Crippen molar-refractivity contribution in [2.75, 3.05) is 6.61 Å². The zero-order chi connectivity index (χ0) is 7.40. The molecular weight excluding hydrogens is 147 g/mol. The summed E-state index contributed by atoms with van der Waals surface area (Å²) in [6.07, 6.45) is 1.66. The minimum Gasteiger partial charge on any atom is -0.629 e. The summed E-state index contributed by atoms with van der Waals surface area (Å²) in [7, 11) is 0. The standard InChI is InChI=1S/C6H11O3.Al/c1-3-9-6(8)4-5(2)7;/h4,6-7H,3H2,1-2H3;/q-1;+2/p-1. The number of hydrogen-bond acceptors (Lipinski definition) is 3. The van der Waals surface area contributed by atoms with Crippen LogP contribution in [0.2, 0.25) is 0 Å². The van der Waals surface area contributed by atoms with Gasteiger partial charge < -0.3 is 12.3 Å². The molecule has 0 bridgehead atoms. The summed E-state index contributed by atoms with van der Waals surface area (Å²) >= 11 is -0.361. The van der Waals surface area contributed by atoms with Crippen LogP contribution in [-0.4, -0.2) is 28.8 Å². The SMILES string of the molecule is CCOC1C=C(C)[O][Al][O]1. The predicted octanol–water partition coefficient (Wildman–Crippen LogP) is 0.834. The van der Waals surface area contributed by atoms with Gasteiger partial charge in [0.1, 0.15) is 0 Å². The van der Waals surface area contributed by atoms with Gasteiger partial charge in [-0.3, -0.25) is 0 Å². The molecule has 4 heteroatoms. The fraction of sp³-hybridized carbons (Fsp3) is 0.667. The van der Waals surface area contributed by atoms with Crippen LogP contribution in [0.5, 0.6) is 0 Å². The van der Waals surface area contributed by atoms with Crippen molar-refractivity contribution < 1.29 is 12.3 Å². The Bertz CT molecular complexity index is 135. The van der Waals surface area contributed by atoms with Gasteiger partial charge in [-0.25, -0.2) is 0 Å². The van der Waals surface area contributed by atoms with Crippen LogP contribution in [0.25, 0.3) is 0 Å². The van der Waals surface area contributed by atoms with E-state index in [1.165, 1.54) is 0 Å². The number of ether oxygens (including phenoxy) is 1. The third kappa shape index (κ3) is 2.32. The minimum atomic E-state index is -0.361. The van der Waals surface area contributed by atoms with E-state index in [2.05, 4.69) is 0 Å². The van der Waals surface area contributed by atoms with Crippen molar-refractivity contribution in [1.82, 2.24) is 0 Å². The van der Waals surface area contributed by atoms with Gasteiger partial charge in [-0.2, -0.15) is 0 Å². The molecule has 1 aliphatic rings. The van der Waals surface area contributed by atoms with Crippen molar-refractivity contribution in [2.45, 2.75) is 20.1 Å². The lowest BCUT2D eigenvalue weighted by molar-refractivity contribution is -0.0568. The number of allylic oxidation sites excluding steroid dienone is 1. The zero-order valence-electron chi connectivity index (χ0n) is 6.16. The maximum absolute atomic E-state index is 5.20. The fourth-order valence-electron chi connectivity index (χ4n) is 0.680. The van der Waals surface area contributed by atoms with Gasteiger partial charge in [0, 0.05) is 12.7 Å². The molecule has 1 atom stereocenters. The Morgan fingerprint density at radius 1 is 1.80 bits per heavy atom. The fourth-order valence-corrected chi connectivity index (χ4v) is 1.23. The van der Waals surface area contributed by atoms with Gasteiger partial charge in [0.05, 0.1) is 5.76 Å². The second kappa shape index (κ2) is 3.99. The van der Waals surface area contributed by atoms with Gasteiger partial charge in [-0.15, -0.1) is 0 Å². The molecule has 1 heterocycles. The molecule has 0 fully saturated rings. The average Bonchev–Trinajstić information content (AvgIpc) is 1.88. The first-order valence-corrected chi connectivity index (χ1v) is 4.21. The zero-order valence-corrected chi connectivity index (χ0v) is 7.32. The summed E-state index contributed by atoms with van der Waals surface area (Å²) in [5.41, 5.74) is 0. The first-order valence-electron chi connectivity index (χ1n) is 3.26. The van der Waals surface area contributed by atoms with E-state index in [0.717, 1.165) is 5.76 Å². The van der Waals surface area contributed by atoms with E-state index in [-0.39, 0.29) is 22.2 Å². The number of hydrogen-bond donors (Lipinski definition) is 0. The van der Waals surface area contributed by atoms with Crippen molar-refractivity contribution in [3.63, 3.8) is 0 Å². The Morgan fingerprint density at radius 3 is 3.20 bits per heavy atom. The largest absolute Gasteiger partial charge is 0.776 e. The molecule has 0 aromatic heterocycles. The van der Waals surface area contributed by atoms with Gasteiger partial charge in [-0.05, 0) is 13.8 Å². The Hall–Kier alpha value is -0.00753. The van der Waals surface area contributed by atoms with Crippen LogP contribution in [0.3, 0.4) is 0 Å². The van der Waals surface area contributed by atoms with Gasteiger partial charge in [0.15, 0.2) is 6.29 Å². The van der Waals surface area contributed by atoms with Crippen LogP contribution < -0.4 is 0 Å². The molecular formula is C6H10AlO3. The summed E-state index contributed by atoms with van der Waals surface area (Å²) in [6, 6.07) is 0. The molecule has 55 valence electrons. The van der Waals surface area contributed by atoms with Crippen LogP contribution in [0.4, 0.5) is 0 Å². The maximum atomic E-state index is 5.20. The third-order valence-corrected chi connectivity index (χ3v) is 1.97. The second-order valence-corrected chi connectivity index (χ2v) is 2.65. The lowest BCUT2D eigenvalue weighted by Gasteiger charge is -2.20. The molecule has 0 spiro atoms. The van der Waals surface area contributed by atoms with Gasteiger partial charge >= 0.3 is 15.9 Å².